The van der Waals surface area contributed by atoms with Crippen molar-refractivity contribution in [2.24, 2.45) is 0 Å². The van der Waals surface area contributed by atoms with Crippen LogP contribution in [0.4, 0.5) is 0 Å². The second-order valence-corrected chi connectivity index (χ2v) is 15.4. The molecule has 0 bridgehead atoms. The molecule has 0 unspecified atom stereocenters. The van der Waals surface area contributed by atoms with E-state index in [0.29, 0.717) is 0 Å². The minimum atomic E-state index is -2.21. The Morgan fingerprint density at radius 1 is 0.625 bits per heavy atom. The summed E-state index contributed by atoms with van der Waals surface area (Å²) in [5, 5.41) is 14.9. The van der Waals surface area contributed by atoms with E-state index in [4.69, 9.17) is 0 Å². The molecule has 0 spiro atoms. The van der Waals surface area contributed by atoms with Crippen molar-refractivity contribution in [2.75, 3.05) is 6.54 Å². The Bertz CT molecular complexity index is 1360. The van der Waals surface area contributed by atoms with Crippen LogP contribution < -0.4 is 10.4 Å². The maximum absolute atomic E-state index is 12.2. The Balaban J connectivity index is 1.45. The molecule has 0 radical (unpaired) electrons. The summed E-state index contributed by atoms with van der Waals surface area (Å²) in [6, 6.07) is 55.1. The van der Waals surface area contributed by atoms with Crippen LogP contribution in [0.1, 0.15) is 23.1 Å². The zero-order valence-corrected chi connectivity index (χ0v) is 24.1. The Kier molecular flexibility index (Phi) is 7.53. The van der Waals surface area contributed by atoms with E-state index in [1.54, 1.807) is 0 Å². The molecule has 0 aliphatic carbocycles. The van der Waals surface area contributed by atoms with E-state index >= 15 is 0 Å². The highest BCUT2D eigenvalue weighted by molar-refractivity contribution is 7.01. The first-order valence-electron chi connectivity index (χ1n) is 14.4. The monoisotopic (exact) mass is 539 g/mol. The van der Waals surface area contributed by atoms with Gasteiger partial charge in [0.15, 0.2) is 0 Å². The predicted octanol–water partition coefficient (Wildman–Crippen LogP) is 6.31. The Hall–Kier alpha value is -3.76. The second-order valence-electron chi connectivity index (χ2n) is 11.2. The van der Waals surface area contributed by atoms with E-state index in [0.717, 1.165) is 19.0 Å². The molecule has 1 heterocycles. The molecule has 0 amide bonds. The van der Waals surface area contributed by atoms with Gasteiger partial charge >= 0.3 is 0 Å². The van der Waals surface area contributed by atoms with E-state index in [2.05, 4.69) is 163 Å². The Labute approximate surface area is 239 Å². The van der Waals surface area contributed by atoms with Gasteiger partial charge in [0.2, 0.25) is 0 Å². The highest BCUT2D eigenvalue weighted by Gasteiger charge is 2.51. The van der Waals surface area contributed by atoms with Gasteiger partial charge in [0.05, 0.1) is 11.6 Å². The summed E-state index contributed by atoms with van der Waals surface area (Å²) in [6.07, 6.45) is 0.519. The van der Waals surface area contributed by atoms with Crippen LogP contribution in [-0.2, 0) is 5.54 Å². The standard InChI is InChI=1S/C37H37NOSi/c1-40(33-23-13-5-14-24-33,34-25-15-6-16-26-34)29-36(39)35-27-28-38(35)37(30-17-7-2-8-18-30,31-19-9-3-10-20-31)32-21-11-4-12-22-32/h2-26,35-36,39H,27-29H2,1H3/t35-,36+/m0/s1. The molecule has 1 N–H and O–H groups in total. The molecular weight excluding hydrogens is 502 g/mol. The summed E-state index contributed by atoms with van der Waals surface area (Å²) in [4.78, 5) is 2.57. The van der Waals surface area contributed by atoms with Crippen LogP contribution in [0.3, 0.4) is 0 Å². The van der Waals surface area contributed by atoms with Gasteiger partial charge in [-0.25, -0.2) is 0 Å². The normalized spacial score (nSPS) is 16.7. The van der Waals surface area contributed by atoms with Gasteiger partial charge in [-0.1, -0.05) is 169 Å². The fraction of sp³-hybridized carbons (Fsp3) is 0.189. The molecule has 200 valence electrons. The molecule has 0 aromatic heterocycles. The minimum Gasteiger partial charge on any atom is -0.392 e. The number of rotatable bonds is 9. The van der Waals surface area contributed by atoms with Gasteiger partial charge < -0.3 is 5.11 Å². The number of hydrogen-bond donors (Lipinski definition) is 1. The number of likely N-dealkylation sites (tertiary alicyclic amines) is 1. The number of aliphatic hydroxyl groups is 1. The fourth-order valence-corrected chi connectivity index (χ4v) is 10.6. The summed E-state index contributed by atoms with van der Waals surface area (Å²) in [5.74, 6) is 0. The van der Waals surface area contributed by atoms with Crippen molar-refractivity contribution in [1.29, 1.82) is 0 Å². The summed E-state index contributed by atoms with van der Waals surface area (Å²) < 4.78 is 0. The highest BCUT2D eigenvalue weighted by atomic mass is 28.3. The molecule has 6 rings (SSSR count). The van der Waals surface area contributed by atoms with Crippen LogP contribution >= 0.6 is 0 Å². The van der Waals surface area contributed by atoms with Crippen molar-refractivity contribution in [3.8, 4) is 0 Å². The lowest BCUT2D eigenvalue weighted by molar-refractivity contribution is -0.0523. The summed E-state index contributed by atoms with van der Waals surface area (Å²) in [6.45, 7) is 3.35. The van der Waals surface area contributed by atoms with E-state index in [9.17, 15) is 5.11 Å². The van der Waals surface area contributed by atoms with Crippen LogP contribution in [0.15, 0.2) is 152 Å². The van der Waals surface area contributed by atoms with Crippen molar-refractivity contribution in [2.45, 2.75) is 36.7 Å². The first-order valence-corrected chi connectivity index (χ1v) is 17.1. The summed E-state index contributed by atoms with van der Waals surface area (Å²) in [7, 11) is -2.21. The topological polar surface area (TPSA) is 23.5 Å². The van der Waals surface area contributed by atoms with Crippen molar-refractivity contribution < 1.29 is 5.11 Å². The van der Waals surface area contributed by atoms with Crippen LogP contribution in [0.25, 0.3) is 0 Å². The molecule has 0 saturated carbocycles. The Morgan fingerprint density at radius 3 is 1.30 bits per heavy atom. The maximum atomic E-state index is 12.2. The maximum Gasteiger partial charge on any atom is 0.117 e. The van der Waals surface area contributed by atoms with Crippen LogP contribution in [0.2, 0.25) is 12.6 Å². The third-order valence-electron chi connectivity index (χ3n) is 8.96. The van der Waals surface area contributed by atoms with Crippen LogP contribution in [0.5, 0.6) is 0 Å². The Morgan fingerprint density at radius 2 is 0.975 bits per heavy atom. The molecule has 40 heavy (non-hydrogen) atoms. The van der Waals surface area contributed by atoms with Gasteiger partial charge in [-0.2, -0.15) is 0 Å². The van der Waals surface area contributed by atoms with Crippen LogP contribution in [-0.4, -0.2) is 36.8 Å². The average Bonchev–Trinajstić information content (AvgIpc) is 3.01. The molecule has 5 aromatic rings. The number of nitrogens with zero attached hydrogens (tertiary/aromatic N) is 1. The lowest BCUT2D eigenvalue weighted by Gasteiger charge is -2.56. The lowest BCUT2D eigenvalue weighted by Crippen LogP contribution is -2.66. The summed E-state index contributed by atoms with van der Waals surface area (Å²) >= 11 is 0. The third-order valence-corrected chi connectivity index (χ3v) is 13.4. The van der Waals surface area contributed by atoms with Crippen molar-refractivity contribution in [3.63, 3.8) is 0 Å². The van der Waals surface area contributed by atoms with Gasteiger partial charge in [0, 0.05) is 12.6 Å². The van der Waals surface area contributed by atoms with Crippen molar-refractivity contribution >= 4 is 18.4 Å². The van der Waals surface area contributed by atoms with E-state index in [1.165, 1.54) is 27.1 Å². The first-order chi connectivity index (χ1) is 19.6. The molecule has 2 nitrogen and oxygen atoms in total. The summed E-state index contributed by atoms with van der Waals surface area (Å²) in [5.41, 5.74) is 3.20. The first kappa shape index (κ1) is 26.5. The molecule has 5 aromatic carbocycles. The van der Waals surface area contributed by atoms with Crippen molar-refractivity contribution in [3.05, 3.63) is 168 Å². The average molecular weight is 540 g/mol. The molecule has 1 aliphatic rings. The molecule has 3 heteroatoms. The van der Waals surface area contributed by atoms with Gasteiger partial charge in [-0.15, -0.1) is 0 Å². The quantitative estimate of drug-likeness (QED) is 0.175. The molecule has 2 atom stereocenters. The van der Waals surface area contributed by atoms with Crippen LogP contribution in [0, 0.1) is 0 Å². The highest BCUT2D eigenvalue weighted by Crippen LogP contribution is 2.47. The SMILES string of the molecule is C[Si](C[C@@H](O)[C@@H]1CCN1C(c1ccccc1)(c1ccccc1)c1ccccc1)(c1ccccc1)c1ccccc1. The van der Waals surface area contributed by atoms with Gasteiger partial charge in [-0.3, -0.25) is 4.90 Å². The third kappa shape index (κ3) is 4.64. The second kappa shape index (κ2) is 11.4. The van der Waals surface area contributed by atoms with E-state index < -0.39 is 19.7 Å². The zero-order valence-electron chi connectivity index (χ0n) is 23.1. The molecule has 1 saturated heterocycles. The van der Waals surface area contributed by atoms with E-state index in [1.807, 2.05) is 0 Å². The van der Waals surface area contributed by atoms with Gasteiger partial charge in [0.25, 0.3) is 0 Å². The number of aliphatic hydroxyl groups excluding tert-OH is 1. The zero-order chi connectivity index (χ0) is 27.4. The predicted molar refractivity (Wildman–Crippen MR) is 169 cm³/mol. The fourth-order valence-electron chi connectivity index (χ4n) is 6.83. The largest absolute Gasteiger partial charge is 0.392 e. The van der Waals surface area contributed by atoms with E-state index in [-0.39, 0.29) is 6.04 Å². The minimum absolute atomic E-state index is 0.0415. The lowest BCUT2D eigenvalue weighted by atomic mass is 9.72. The smallest absolute Gasteiger partial charge is 0.117 e. The number of hydrogen-bond acceptors (Lipinski definition) is 2. The molecular formula is C37H37NOSi. The van der Waals surface area contributed by atoms with Crippen molar-refractivity contribution in [1.82, 2.24) is 4.90 Å². The molecule has 1 aliphatic heterocycles. The number of benzene rings is 5. The molecule has 1 fully saturated rings. The van der Waals surface area contributed by atoms with Gasteiger partial charge in [0.1, 0.15) is 8.07 Å². The van der Waals surface area contributed by atoms with Gasteiger partial charge in [-0.05, 0) is 29.2 Å².